The molecule has 1 aliphatic heterocycles. The van der Waals surface area contributed by atoms with Crippen molar-refractivity contribution >= 4 is 51.3 Å². The van der Waals surface area contributed by atoms with Crippen molar-refractivity contribution in [2.45, 2.75) is 24.6 Å². The molecule has 1 amide bonds. The minimum atomic E-state index is -0.350. The van der Waals surface area contributed by atoms with Gasteiger partial charge in [0.2, 0.25) is 5.91 Å². The molecule has 2 rings (SSSR count). The molecule has 0 aliphatic carbocycles. The molecule has 0 fully saturated rings. The summed E-state index contributed by atoms with van der Waals surface area (Å²) in [6, 6.07) is 6.02. The highest BCUT2D eigenvalue weighted by Crippen LogP contribution is 2.44. The number of rotatable bonds is 4. The van der Waals surface area contributed by atoms with Crippen molar-refractivity contribution in [3.63, 3.8) is 0 Å². The van der Waals surface area contributed by atoms with Crippen LogP contribution < -0.4 is 5.32 Å². The van der Waals surface area contributed by atoms with E-state index < -0.39 is 0 Å². The van der Waals surface area contributed by atoms with Crippen molar-refractivity contribution in [2.24, 2.45) is 0 Å². The Morgan fingerprint density at radius 1 is 1.35 bits per heavy atom. The lowest BCUT2D eigenvalue weighted by atomic mass is 9.73. The average molecular weight is 359 g/mol. The number of amides is 1. The number of hydrogen-bond donors (Lipinski definition) is 1. The van der Waals surface area contributed by atoms with Crippen molar-refractivity contribution in [1.29, 1.82) is 0 Å². The largest absolute Gasteiger partial charge is 0.325 e. The first-order valence-corrected chi connectivity index (χ1v) is 7.73. The van der Waals surface area contributed by atoms with Gasteiger partial charge in [-0.2, -0.15) is 0 Å². The number of halogens is 2. The second-order valence-corrected chi connectivity index (χ2v) is 6.12. The number of hydrogen-bond acceptors (Lipinski definition) is 1. The first-order valence-electron chi connectivity index (χ1n) is 5.81. The number of carbonyl (C=O) groups excluding carboxylic acids is 1. The predicted molar refractivity (Wildman–Crippen MR) is 80.8 cm³/mol. The van der Waals surface area contributed by atoms with Crippen LogP contribution in [0.1, 0.15) is 18.4 Å². The van der Waals surface area contributed by atoms with Crippen molar-refractivity contribution in [3.8, 4) is 0 Å². The lowest BCUT2D eigenvalue weighted by Gasteiger charge is -2.26. The maximum absolute atomic E-state index is 12.3. The van der Waals surface area contributed by atoms with Crippen LogP contribution in [0.5, 0.6) is 0 Å². The second-order valence-electron chi connectivity index (χ2n) is 4.42. The van der Waals surface area contributed by atoms with Gasteiger partial charge >= 0.3 is 0 Å². The van der Waals surface area contributed by atoms with E-state index in [1.807, 2.05) is 12.1 Å². The Hall–Kier alpha value is -0.285. The van der Waals surface area contributed by atoms with Crippen LogP contribution in [0.25, 0.3) is 0 Å². The highest BCUT2D eigenvalue weighted by atomic mass is 79.9. The van der Waals surface area contributed by atoms with E-state index in [1.54, 1.807) is 0 Å². The fourth-order valence-electron chi connectivity index (χ4n) is 2.60. The van der Waals surface area contributed by atoms with Crippen LogP contribution in [0.2, 0.25) is 6.32 Å². The number of alkyl halides is 1. The van der Waals surface area contributed by atoms with Gasteiger partial charge in [0.15, 0.2) is 0 Å². The summed E-state index contributed by atoms with van der Waals surface area (Å²) in [4.78, 5) is 12.3. The van der Waals surface area contributed by atoms with Gasteiger partial charge < -0.3 is 5.32 Å². The molecule has 1 unspecified atom stereocenters. The summed E-state index contributed by atoms with van der Waals surface area (Å²) < 4.78 is 1.03. The summed E-state index contributed by atoms with van der Waals surface area (Å²) in [5.41, 5.74) is 1.75. The molecule has 0 saturated carbocycles. The van der Waals surface area contributed by atoms with Crippen LogP contribution >= 0.6 is 31.9 Å². The number of fused-ring (bicyclic) bond motifs is 1. The van der Waals surface area contributed by atoms with Crippen LogP contribution in [0.4, 0.5) is 5.69 Å². The minimum Gasteiger partial charge on any atom is -0.325 e. The summed E-state index contributed by atoms with van der Waals surface area (Å²) in [6.45, 7) is 0. The zero-order valence-corrected chi connectivity index (χ0v) is 12.9. The lowest BCUT2D eigenvalue weighted by molar-refractivity contribution is -0.121. The highest BCUT2D eigenvalue weighted by Gasteiger charge is 2.45. The highest BCUT2D eigenvalue weighted by molar-refractivity contribution is 9.10. The third-order valence-corrected chi connectivity index (χ3v) is 4.27. The molecule has 1 aliphatic rings. The topological polar surface area (TPSA) is 29.1 Å². The molecule has 0 spiro atoms. The van der Waals surface area contributed by atoms with Crippen LogP contribution in [-0.4, -0.2) is 19.1 Å². The molecular weight excluding hydrogens is 345 g/mol. The SMILES string of the molecule is BCCC1(CCBr)C(=O)Nc2ccc(Br)cc21. The smallest absolute Gasteiger partial charge is 0.235 e. The van der Waals surface area contributed by atoms with Gasteiger partial charge in [-0.1, -0.05) is 38.2 Å². The van der Waals surface area contributed by atoms with Gasteiger partial charge in [-0.25, -0.2) is 0 Å². The number of benzene rings is 1. The summed E-state index contributed by atoms with van der Waals surface area (Å²) in [5.74, 6) is 0.145. The number of nitrogens with one attached hydrogen (secondary N) is 1. The molecule has 17 heavy (non-hydrogen) atoms. The van der Waals surface area contributed by atoms with Crippen molar-refractivity contribution < 1.29 is 4.79 Å². The zero-order chi connectivity index (χ0) is 12.5. The van der Waals surface area contributed by atoms with Gasteiger partial charge in [-0.15, -0.1) is 0 Å². The molecule has 1 N–H and O–H groups in total. The van der Waals surface area contributed by atoms with Crippen LogP contribution in [0.3, 0.4) is 0 Å². The predicted octanol–water partition coefficient (Wildman–Crippen LogP) is 2.87. The first kappa shape index (κ1) is 13.2. The Bertz CT molecular complexity index is 444. The fraction of sp³-hybridized carbons (Fsp3) is 0.417. The Labute approximate surface area is 119 Å². The second kappa shape index (κ2) is 5.15. The van der Waals surface area contributed by atoms with Crippen molar-refractivity contribution in [3.05, 3.63) is 28.2 Å². The maximum atomic E-state index is 12.3. The van der Waals surface area contributed by atoms with E-state index in [2.05, 4.69) is 51.1 Å². The van der Waals surface area contributed by atoms with Crippen LogP contribution in [0, 0.1) is 0 Å². The van der Waals surface area contributed by atoms with E-state index in [0.717, 1.165) is 40.2 Å². The van der Waals surface area contributed by atoms with E-state index in [0.29, 0.717) is 0 Å². The van der Waals surface area contributed by atoms with E-state index in [1.165, 1.54) is 0 Å². The van der Waals surface area contributed by atoms with Gasteiger partial charge in [0, 0.05) is 15.5 Å². The van der Waals surface area contributed by atoms with Crippen LogP contribution in [0.15, 0.2) is 22.7 Å². The molecule has 1 atom stereocenters. The van der Waals surface area contributed by atoms with E-state index in [-0.39, 0.29) is 11.3 Å². The third kappa shape index (κ3) is 2.19. The summed E-state index contributed by atoms with van der Waals surface area (Å²) >= 11 is 6.96. The average Bonchev–Trinajstić information content (AvgIpc) is 2.54. The van der Waals surface area contributed by atoms with E-state index in [9.17, 15) is 4.79 Å². The molecule has 0 bridgehead atoms. The Morgan fingerprint density at radius 2 is 2.12 bits per heavy atom. The molecule has 5 heteroatoms. The molecular formula is C12H14BBr2NO. The van der Waals surface area contributed by atoms with Gasteiger partial charge in [-0.05, 0) is 36.6 Å². The minimum absolute atomic E-state index is 0.145. The van der Waals surface area contributed by atoms with Gasteiger partial charge in [-0.3, -0.25) is 4.79 Å². The van der Waals surface area contributed by atoms with Crippen LogP contribution in [-0.2, 0) is 10.2 Å². The van der Waals surface area contributed by atoms with E-state index >= 15 is 0 Å². The normalized spacial score (nSPS) is 22.4. The van der Waals surface area contributed by atoms with Crippen molar-refractivity contribution in [2.75, 3.05) is 10.6 Å². The Morgan fingerprint density at radius 3 is 2.76 bits per heavy atom. The summed E-state index contributed by atoms with van der Waals surface area (Å²) in [5, 5.41) is 3.84. The van der Waals surface area contributed by atoms with Gasteiger partial charge in [0.05, 0.1) is 5.41 Å². The maximum Gasteiger partial charge on any atom is 0.235 e. The molecule has 1 aromatic carbocycles. The van der Waals surface area contributed by atoms with Gasteiger partial charge in [0.1, 0.15) is 7.85 Å². The van der Waals surface area contributed by atoms with Gasteiger partial charge in [0.25, 0.3) is 0 Å². The summed E-state index contributed by atoms with van der Waals surface area (Å²) in [7, 11) is 2.12. The monoisotopic (exact) mass is 357 g/mol. The van der Waals surface area contributed by atoms with E-state index in [4.69, 9.17) is 0 Å². The lowest BCUT2D eigenvalue weighted by Crippen LogP contribution is -2.34. The van der Waals surface area contributed by atoms with Crippen molar-refractivity contribution in [1.82, 2.24) is 0 Å². The number of carbonyl (C=O) groups is 1. The standard InChI is InChI=1S/C12H14BBr2NO/c13-5-3-12(4-6-14)9-7-8(15)1-2-10(9)16-11(12)17/h1-2,7H,3-6,13H2,(H,16,17). The molecule has 0 saturated heterocycles. The molecule has 90 valence electrons. The molecule has 1 aromatic rings. The molecule has 2 nitrogen and oxygen atoms in total. The first-order chi connectivity index (χ1) is 8.14. The Balaban J connectivity index is 2.52. The number of anilines is 1. The molecule has 0 radical (unpaired) electrons. The Kier molecular flexibility index (Phi) is 3.98. The third-order valence-electron chi connectivity index (χ3n) is 3.38. The zero-order valence-electron chi connectivity index (χ0n) is 9.72. The molecule has 1 heterocycles. The molecule has 0 aromatic heterocycles. The fourth-order valence-corrected chi connectivity index (χ4v) is 3.63. The summed E-state index contributed by atoms with van der Waals surface area (Å²) in [6.07, 6.45) is 2.75. The quantitative estimate of drug-likeness (QED) is 0.651.